The third-order valence-electron chi connectivity index (χ3n) is 1.05. The molecule has 5 heteroatoms. The number of nitrogens with zero attached hydrogens (tertiary/aromatic N) is 3. The second kappa shape index (κ2) is 2.50. The van der Waals surface area contributed by atoms with E-state index in [0.29, 0.717) is 0 Å². The summed E-state index contributed by atoms with van der Waals surface area (Å²) in [5.74, 6) is 0.0919. The van der Waals surface area contributed by atoms with Crippen LogP contribution in [0, 0.1) is 0 Å². The van der Waals surface area contributed by atoms with Crippen molar-refractivity contribution >= 4 is 15.9 Å². The molecule has 0 aliphatic rings. The average molecular weight is 217 g/mol. The SMILES string of the molecule is [2H]c1nc(-n2nc(Br)c([2H])c2[2H])[nH]c1[2H]. The molecule has 0 aromatic carbocycles. The molecule has 0 unspecified atom stereocenters. The van der Waals surface area contributed by atoms with Crippen molar-refractivity contribution < 1.29 is 5.48 Å². The van der Waals surface area contributed by atoms with Crippen molar-refractivity contribution in [2.24, 2.45) is 0 Å². The van der Waals surface area contributed by atoms with Gasteiger partial charge < -0.3 is 4.98 Å². The van der Waals surface area contributed by atoms with Crippen LogP contribution in [0.1, 0.15) is 5.48 Å². The fraction of sp³-hybridized carbons (Fsp3) is 0. The number of hydrogen-bond acceptors (Lipinski definition) is 2. The van der Waals surface area contributed by atoms with E-state index in [2.05, 4.69) is 31.0 Å². The molecule has 0 amide bonds. The van der Waals surface area contributed by atoms with E-state index in [9.17, 15) is 0 Å². The van der Waals surface area contributed by atoms with Crippen molar-refractivity contribution in [1.29, 1.82) is 0 Å². The topological polar surface area (TPSA) is 46.5 Å². The number of halogens is 1. The first-order valence-electron chi connectivity index (χ1n) is 4.76. The van der Waals surface area contributed by atoms with E-state index in [1.54, 1.807) is 0 Å². The quantitative estimate of drug-likeness (QED) is 0.783. The molecule has 0 fully saturated rings. The maximum atomic E-state index is 7.53. The van der Waals surface area contributed by atoms with E-state index in [1.165, 1.54) is 0 Å². The zero-order valence-corrected chi connectivity index (χ0v) is 6.81. The van der Waals surface area contributed by atoms with Gasteiger partial charge in [-0.15, -0.1) is 0 Å². The van der Waals surface area contributed by atoms with Crippen molar-refractivity contribution in [2.45, 2.75) is 0 Å². The van der Waals surface area contributed by atoms with E-state index >= 15 is 0 Å². The van der Waals surface area contributed by atoms with Gasteiger partial charge in [0.15, 0.2) is 0 Å². The van der Waals surface area contributed by atoms with Gasteiger partial charge in [-0.3, -0.25) is 0 Å². The standard InChI is InChI=1S/C6H5BrN4/c7-5-1-4-11(10-5)6-8-2-3-9-6/h1-4H,(H,8,9)/i1D,2D,3D,4D. The lowest BCUT2D eigenvalue weighted by molar-refractivity contribution is 0.817. The predicted octanol–water partition coefficient (Wildman–Crippen LogP) is 1.36. The van der Waals surface area contributed by atoms with E-state index in [1.807, 2.05) is 0 Å². The summed E-state index contributed by atoms with van der Waals surface area (Å²) in [4.78, 5) is 6.18. The first kappa shape index (κ1) is 3.53. The Balaban J connectivity index is 2.59. The number of nitrogens with one attached hydrogen (secondary N) is 1. The van der Waals surface area contributed by atoms with Gasteiger partial charge in [0.05, 0.1) is 5.48 Å². The molecule has 2 aromatic rings. The first-order chi connectivity index (χ1) is 7.00. The monoisotopic (exact) mass is 216 g/mol. The van der Waals surface area contributed by atoms with E-state index in [0.717, 1.165) is 4.68 Å². The van der Waals surface area contributed by atoms with Crippen molar-refractivity contribution in [3.8, 4) is 5.95 Å². The van der Waals surface area contributed by atoms with E-state index in [-0.39, 0.29) is 35.1 Å². The Kier molecular flexibility index (Phi) is 0.803. The van der Waals surface area contributed by atoms with Crippen molar-refractivity contribution in [3.05, 3.63) is 29.2 Å². The Labute approximate surface area is 77.0 Å². The summed E-state index contributed by atoms with van der Waals surface area (Å²) in [5.41, 5.74) is 0. The lowest BCUT2D eigenvalue weighted by Crippen LogP contribution is -1.95. The zero-order valence-electron chi connectivity index (χ0n) is 9.22. The molecule has 11 heavy (non-hydrogen) atoms. The van der Waals surface area contributed by atoms with Gasteiger partial charge in [-0.05, 0) is 22.0 Å². The summed E-state index contributed by atoms with van der Waals surface area (Å²) in [6.45, 7) is 0. The lowest BCUT2D eigenvalue weighted by Gasteiger charge is -1.91. The summed E-state index contributed by atoms with van der Waals surface area (Å²) >= 11 is 3.01. The number of H-pyrrole nitrogens is 1. The van der Waals surface area contributed by atoms with Gasteiger partial charge >= 0.3 is 0 Å². The van der Waals surface area contributed by atoms with Crippen LogP contribution in [0.2, 0.25) is 0 Å². The first-order valence-corrected chi connectivity index (χ1v) is 3.55. The van der Waals surface area contributed by atoms with Crippen LogP contribution in [-0.4, -0.2) is 19.7 Å². The molecule has 0 saturated carbocycles. The van der Waals surface area contributed by atoms with Crippen LogP contribution in [0.25, 0.3) is 5.95 Å². The van der Waals surface area contributed by atoms with Crippen molar-refractivity contribution in [3.63, 3.8) is 0 Å². The highest BCUT2D eigenvalue weighted by atomic mass is 79.9. The summed E-state index contributed by atoms with van der Waals surface area (Å²) in [6.07, 6.45) is -0.527. The molecule has 0 saturated heterocycles. The molecule has 0 spiro atoms. The third kappa shape index (κ3) is 1.19. The molecule has 0 atom stereocenters. The molecule has 0 bridgehead atoms. The maximum Gasteiger partial charge on any atom is 0.227 e. The molecule has 0 radical (unpaired) electrons. The average Bonchev–Trinajstić information content (AvgIpc) is 2.63. The zero-order chi connectivity index (χ0) is 11.2. The van der Waals surface area contributed by atoms with E-state index in [4.69, 9.17) is 5.48 Å². The highest BCUT2D eigenvalue weighted by Crippen LogP contribution is 2.06. The Bertz CT molecular complexity index is 500. The van der Waals surface area contributed by atoms with Crippen LogP contribution in [0.4, 0.5) is 0 Å². The molecule has 2 heterocycles. The van der Waals surface area contributed by atoms with Gasteiger partial charge in [0.2, 0.25) is 5.95 Å². The van der Waals surface area contributed by atoms with Crippen molar-refractivity contribution in [2.75, 3.05) is 0 Å². The van der Waals surface area contributed by atoms with Crippen LogP contribution in [0.15, 0.2) is 29.2 Å². The van der Waals surface area contributed by atoms with Crippen molar-refractivity contribution in [1.82, 2.24) is 19.7 Å². The fourth-order valence-electron chi connectivity index (χ4n) is 0.630. The van der Waals surface area contributed by atoms with Crippen LogP contribution in [0.5, 0.6) is 0 Å². The number of rotatable bonds is 1. The highest BCUT2D eigenvalue weighted by molar-refractivity contribution is 9.10. The minimum absolute atomic E-state index is 0.0653. The molecule has 0 aliphatic carbocycles. The number of hydrogen-bond donors (Lipinski definition) is 1. The normalized spacial score (nSPS) is 15.4. The number of imidazole rings is 1. The van der Waals surface area contributed by atoms with Gasteiger partial charge in [-0.2, -0.15) is 5.10 Å². The summed E-state index contributed by atoms with van der Waals surface area (Å²) in [7, 11) is 0. The number of aromatic nitrogens is 4. The molecule has 2 rings (SSSR count). The predicted molar refractivity (Wildman–Crippen MR) is 43.4 cm³/mol. The Morgan fingerprint density at radius 3 is 3.18 bits per heavy atom. The summed E-state index contributed by atoms with van der Waals surface area (Å²) in [6, 6.07) is -0.0653. The van der Waals surface area contributed by atoms with Gasteiger partial charge in [0.1, 0.15) is 4.60 Å². The highest BCUT2D eigenvalue weighted by Gasteiger charge is 1.98. The molecule has 2 aromatic heterocycles. The molecular weight excluding hydrogens is 208 g/mol. The molecule has 56 valence electrons. The lowest BCUT2D eigenvalue weighted by atomic mass is 10.7. The van der Waals surface area contributed by atoms with Gasteiger partial charge in [-0.25, -0.2) is 9.67 Å². The molecular formula is C6H5BrN4. The summed E-state index contributed by atoms with van der Waals surface area (Å²) in [5, 5.41) is 3.83. The van der Waals surface area contributed by atoms with Crippen LogP contribution < -0.4 is 0 Å². The largest absolute Gasteiger partial charge is 0.329 e. The Morgan fingerprint density at radius 2 is 2.64 bits per heavy atom. The van der Waals surface area contributed by atoms with Crippen LogP contribution in [0.3, 0.4) is 0 Å². The third-order valence-corrected chi connectivity index (χ3v) is 1.40. The second-order valence-electron chi connectivity index (χ2n) is 1.74. The second-order valence-corrected chi connectivity index (χ2v) is 2.49. The van der Waals surface area contributed by atoms with Gasteiger partial charge in [-0.1, -0.05) is 0 Å². The van der Waals surface area contributed by atoms with Crippen LogP contribution in [-0.2, 0) is 0 Å². The van der Waals surface area contributed by atoms with E-state index < -0.39 is 0 Å². The molecule has 0 aliphatic heterocycles. The molecule has 1 N–H and O–H groups in total. The Morgan fingerprint density at radius 1 is 1.73 bits per heavy atom. The Hall–Kier alpha value is -1.10. The van der Waals surface area contributed by atoms with Gasteiger partial charge in [0, 0.05) is 18.5 Å². The number of aromatic amines is 1. The molecule has 4 nitrogen and oxygen atoms in total. The maximum absolute atomic E-state index is 7.53. The van der Waals surface area contributed by atoms with Crippen LogP contribution >= 0.6 is 15.9 Å². The minimum Gasteiger partial charge on any atom is -0.329 e. The smallest absolute Gasteiger partial charge is 0.227 e. The summed E-state index contributed by atoms with van der Waals surface area (Å²) < 4.78 is 30.7. The fourth-order valence-corrected chi connectivity index (χ4v) is 0.877. The van der Waals surface area contributed by atoms with Gasteiger partial charge in [0.25, 0.3) is 0 Å². The minimum atomic E-state index is -0.220.